The van der Waals surface area contributed by atoms with E-state index in [1.807, 2.05) is 0 Å². The van der Waals surface area contributed by atoms with Crippen LogP contribution in [0.15, 0.2) is 18.2 Å². The van der Waals surface area contributed by atoms with Gasteiger partial charge in [0.15, 0.2) is 9.84 Å². The maximum Gasteiger partial charge on any atom is 0.416 e. The second-order valence-corrected chi connectivity index (χ2v) is 8.48. The molecule has 0 radical (unpaired) electrons. The summed E-state index contributed by atoms with van der Waals surface area (Å²) in [6.07, 6.45) is -4.07. The molecule has 2 N–H and O–H groups in total. The standard InChI is InChI=1S/C16H18F3N3O3S/c1-10(15(23)21-8-11-4-5-26(24,25)9-11)22-14-3-2-13(16(17,18)19)6-12(14)7-20/h2-3,6,10-11,22H,4-5,8-9H2,1H3,(H,21,23). The molecule has 1 aliphatic rings. The van der Waals surface area contributed by atoms with E-state index in [1.54, 1.807) is 6.07 Å². The predicted octanol–water partition coefficient (Wildman–Crippen LogP) is 1.93. The number of sulfone groups is 1. The maximum atomic E-state index is 12.7. The number of alkyl halides is 3. The van der Waals surface area contributed by atoms with Gasteiger partial charge in [-0.15, -0.1) is 0 Å². The lowest BCUT2D eigenvalue weighted by Crippen LogP contribution is -2.40. The summed E-state index contributed by atoms with van der Waals surface area (Å²) in [5.74, 6) is -0.430. The van der Waals surface area contributed by atoms with Gasteiger partial charge in [0.2, 0.25) is 5.91 Å². The third kappa shape index (κ3) is 5.11. The highest BCUT2D eigenvalue weighted by Gasteiger charge is 2.31. The number of carbonyl (C=O) groups is 1. The minimum atomic E-state index is -4.56. The Labute approximate surface area is 149 Å². The fourth-order valence-electron chi connectivity index (χ4n) is 2.67. The zero-order chi connectivity index (χ0) is 19.5. The molecule has 1 heterocycles. The van der Waals surface area contributed by atoms with E-state index in [0.29, 0.717) is 6.42 Å². The number of hydrogen-bond donors (Lipinski definition) is 2. The van der Waals surface area contributed by atoms with Crippen molar-refractivity contribution in [3.63, 3.8) is 0 Å². The van der Waals surface area contributed by atoms with E-state index in [1.165, 1.54) is 6.92 Å². The van der Waals surface area contributed by atoms with Gasteiger partial charge in [0, 0.05) is 6.54 Å². The number of nitrogens with one attached hydrogen (secondary N) is 2. The van der Waals surface area contributed by atoms with Crippen LogP contribution in [0.5, 0.6) is 0 Å². The molecule has 2 unspecified atom stereocenters. The van der Waals surface area contributed by atoms with E-state index < -0.39 is 33.5 Å². The van der Waals surface area contributed by atoms with E-state index in [0.717, 1.165) is 18.2 Å². The summed E-state index contributed by atoms with van der Waals surface area (Å²) in [5, 5.41) is 14.4. The maximum absolute atomic E-state index is 12.7. The van der Waals surface area contributed by atoms with Gasteiger partial charge in [0.05, 0.1) is 28.3 Å². The molecule has 1 aromatic carbocycles. The SMILES string of the molecule is CC(Nc1ccc(C(F)(F)F)cc1C#N)C(=O)NCC1CCS(=O)(=O)C1. The zero-order valence-electron chi connectivity index (χ0n) is 13.9. The summed E-state index contributed by atoms with van der Waals surface area (Å²) in [4.78, 5) is 12.1. The van der Waals surface area contributed by atoms with E-state index in [4.69, 9.17) is 5.26 Å². The Kier molecular flexibility index (Phi) is 5.81. The first kappa shape index (κ1) is 20.0. The second kappa shape index (κ2) is 7.53. The Morgan fingerprint density at radius 2 is 2.12 bits per heavy atom. The summed E-state index contributed by atoms with van der Waals surface area (Å²) >= 11 is 0. The molecule has 0 spiro atoms. The molecule has 6 nitrogen and oxygen atoms in total. The van der Waals surface area contributed by atoms with Gasteiger partial charge in [-0.2, -0.15) is 18.4 Å². The van der Waals surface area contributed by atoms with Crippen molar-refractivity contribution < 1.29 is 26.4 Å². The summed E-state index contributed by atoms with van der Waals surface area (Å²) in [5.41, 5.74) is -1.05. The number of halogens is 3. The molecule has 0 aliphatic carbocycles. The van der Waals surface area contributed by atoms with Crippen LogP contribution in [0.2, 0.25) is 0 Å². The molecule has 1 aliphatic heterocycles. The first-order chi connectivity index (χ1) is 12.0. The Hall–Kier alpha value is -2.28. The molecular weight excluding hydrogens is 371 g/mol. The van der Waals surface area contributed by atoms with Crippen LogP contribution < -0.4 is 10.6 Å². The van der Waals surface area contributed by atoms with Gasteiger partial charge in [0.1, 0.15) is 12.1 Å². The summed E-state index contributed by atoms with van der Waals surface area (Å²) in [6, 6.07) is 3.52. The number of benzene rings is 1. The third-order valence-corrected chi connectivity index (χ3v) is 5.96. The predicted molar refractivity (Wildman–Crippen MR) is 89.0 cm³/mol. The van der Waals surface area contributed by atoms with Gasteiger partial charge in [-0.3, -0.25) is 4.79 Å². The number of nitriles is 1. The van der Waals surface area contributed by atoms with Gasteiger partial charge in [-0.25, -0.2) is 8.42 Å². The van der Waals surface area contributed by atoms with Crippen LogP contribution in [0, 0.1) is 17.2 Å². The number of nitrogens with zero attached hydrogens (tertiary/aromatic N) is 1. The molecular formula is C16H18F3N3O3S. The summed E-state index contributed by atoms with van der Waals surface area (Å²) < 4.78 is 60.9. The van der Waals surface area contributed by atoms with Crippen molar-refractivity contribution >= 4 is 21.4 Å². The first-order valence-corrected chi connectivity index (χ1v) is 9.70. The van der Waals surface area contributed by atoms with Crippen molar-refractivity contribution in [3.8, 4) is 6.07 Å². The van der Waals surface area contributed by atoms with Gasteiger partial charge in [0.25, 0.3) is 0 Å². The molecule has 142 valence electrons. The van der Waals surface area contributed by atoms with Crippen LogP contribution in [0.4, 0.5) is 18.9 Å². The van der Waals surface area contributed by atoms with E-state index >= 15 is 0 Å². The molecule has 1 aromatic rings. The highest BCUT2D eigenvalue weighted by Crippen LogP contribution is 2.31. The van der Waals surface area contributed by atoms with Crippen molar-refractivity contribution in [3.05, 3.63) is 29.3 Å². The minimum absolute atomic E-state index is 0.0343. The molecule has 26 heavy (non-hydrogen) atoms. The lowest BCUT2D eigenvalue weighted by molar-refractivity contribution is -0.137. The van der Waals surface area contributed by atoms with Crippen molar-refractivity contribution in [2.45, 2.75) is 25.6 Å². The average molecular weight is 389 g/mol. The van der Waals surface area contributed by atoms with Crippen molar-refractivity contribution in [1.82, 2.24) is 5.32 Å². The average Bonchev–Trinajstić information content (AvgIpc) is 2.90. The first-order valence-electron chi connectivity index (χ1n) is 7.88. The summed E-state index contributed by atoms with van der Waals surface area (Å²) in [6.45, 7) is 1.71. The van der Waals surface area contributed by atoms with Crippen LogP contribution in [0.25, 0.3) is 0 Å². The Balaban J connectivity index is 1.97. The topological polar surface area (TPSA) is 99.1 Å². The Morgan fingerprint density at radius 1 is 1.42 bits per heavy atom. The smallest absolute Gasteiger partial charge is 0.373 e. The summed E-state index contributed by atoms with van der Waals surface area (Å²) in [7, 11) is -3.03. The lowest BCUT2D eigenvalue weighted by atomic mass is 10.1. The third-order valence-electron chi connectivity index (χ3n) is 4.12. The number of anilines is 1. The normalized spacial score (nSPS) is 20.2. The minimum Gasteiger partial charge on any atom is -0.373 e. The highest BCUT2D eigenvalue weighted by atomic mass is 32.2. The van der Waals surface area contributed by atoms with Crippen LogP contribution >= 0.6 is 0 Å². The van der Waals surface area contributed by atoms with E-state index in [-0.39, 0.29) is 35.2 Å². The molecule has 1 fully saturated rings. The molecule has 1 amide bonds. The molecule has 0 aromatic heterocycles. The number of amides is 1. The quantitative estimate of drug-likeness (QED) is 0.802. The largest absolute Gasteiger partial charge is 0.416 e. The Bertz CT molecular complexity index is 831. The van der Waals surface area contributed by atoms with Crippen molar-refractivity contribution in [2.24, 2.45) is 5.92 Å². The second-order valence-electron chi connectivity index (χ2n) is 6.25. The van der Waals surface area contributed by atoms with Gasteiger partial charge in [-0.1, -0.05) is 0 Å². The lowest BCUT2D eigenvalue weighted by Gasteiger charge is -2.18. The van der Waals surface area contributed by atoms with Gasteiger partial charge >= 0.3 is 6.18 Å². The van der Waals surface area contributed by atoms with Gasteiger partial charge < -0.3 is 10.6 Å². The van der Waals surface area contributed by atoms with Gasteiger partial charge in [-0.05, 0) is 37.5 Å². The molecule has 1 saturated heterocycles. The van der Waals surface area contributed by atoms with Crippen LogP contribution in [-0.4, -0.2) is 38.4 Å². The fraction of sp³-hybridized carbons (Fsp3) is 0.500. The highest BCUT2D eigenvalue weighted by molar-refractivity contribution is 7.91. The Morgan fingerprint density at radius 3 is 2.65 bits per heavy atom. The molecule has 2 rings (SSSR count). The van der Waals surface area contributed by atoms with Crippen LogP contribution in [0.1, 0.15) is 24.5 Å². The molecule has 2 atom stereocenters. The molecule has 0 bridgehead atoms. The zero-order valence-corrected chi connectivity index (χ0v) is 14.7. The fourth-order valence-corrected chi connectivity index (χ4v) is 4.53. The molecule has 10 heteroatoms. The monoisotopic (exact) mass is 389 g/mol. The van der Waals surface area contributed by atoms with Crippen molar-refractivity contribution in [1.29, 1.82) is 5.26 Å². The number of rotatable bonds is 5. The van der Waals surface area contributed by atoms with E-state index in [2.05, 4.69) is 10.6 Å². The van der Waals surface area contributed by atoms with Crippen molar-refractivity contribution in [2.75, 3.05) is 23.4 Å². The van der Waals surface area contributed by atoms with Crippen LogP contribution in [0.3, 0.4) is 0 Å². The van der Waals surface area contributed by atoms with E-state index in [9.17, 15) is 26.4 Å². The molecule has 0 saturated carbocycles. The van der Waals surface area contributed by atoms with Crippen LogP contribution in [-0.2, 0) is 20.8 Å². The number of carbonyl (C=O) groups excluding carboxylic acids is 1. The number of hydrogen-bond acceptors (Lipinski definition) is 5.